The number of rotatable bonds is 2. The summed E-state index contributed by atoms with van der Waals surface area (Å²) in [6.45, 7) is 6.03. The molecule has 94 valence electrons. The van der Waals surface area contributed by atoms with Gasteiger partial charge in [0.05, 0.1) is 10.7 Å². The van der Waals surface area contributed by atoms with Crippen molar-refractivity contribution in [2.24, 2.45) is 0 Å². The first kappa shape index (κ1) is 12.8. The highest BCUT2D eigenvalue weighted by Gasteiger charge is 2.07. The maximum Gasteiger partial charge on any atom is 0.131 e. The van der Waals surface area contributed by atoms with Crippen LogP contribution in [0.2, 0.25) is 5.02 Å². The number of hydrogen-bond acceptors (Lipinski definition) is 2. The molecule has 0 unspecified atom stereocenters. The molecule has 2 nitrogen and oxygen atoms in total. The second-order valence-corrected chi connectivity index (χ2v) is 4.92. The molecule has 0 aliphatic carbocycles. The van der Waals surface area contributed by atoms with Crippen molar-refractivity contribution >= 4 is 17.3 Å². The fraction of sp³-hybridized carbons (Fsp3) is 0.200. The van der Waals surface area contributed by atoms with Crippen LogP contribution in [0, 0.1) is 20.8 Å². The summed E-state index contributed by atoms with van der Waals surface area (Å²) in [7, 11) is 0. The molecule has 0 fully saturated rings. The van der Waals surface area contributed by atoms with Crippen LogP contribution in [-0.2, 0) is 0 Å². The lowest BCUT2D eigenvalue weighted by atomic mass is 10.1. The van der Waals surface area contributed by atoms with E-state index in [2.05, 4.69) is 13.0 Å². The van der Waals surface area contributed by atoms with Crippen molar-refractivity contribution in [3.05, 3.63) is 52.0 Å². The Hall–Kier alpha value is -1.67. The number of ether oxygens (including phenoxy) is 1. The van der Waals surface area contributed by atoms with Crippen molar-refractivity contribution in [1.82, 2.24) is 0 Å². The Bertz CT molecular complexity index is 593. The van der Waals surface area contributed by atoms with E-state index in [1.54, 1.807) is 6.07 Å². The van der Waals surface area contributed by atoms with Crippen molar-refractivity contribution in [3.8, 4) is 11.5 Å². The smallest absolute Gasteiger partial charge is 0.131 e. The number of anilines is 1. The summed E-state index contributed by atoms with van der Waals surface area (Å²) in [6, 6.07) is 9.65. The molecule has 0 amide bonds. The third kappa shape index (κ3) is 2.59. The van der Waals surface area contributed by atoms with Crippen molar-refractivity contribution in [3.63, 3.8) is 0 Å². The SMILES string of the molecule is Cc1ccc(Oc2cc(Cl)c(N)cc2C)c(C)c1. The van der Waals surface area contributed by atoms with Crippen LogP contribution in [0.5, 0.6) is 11.5 Å². The minimum atomic E-state index is 0.514. The molecule has 0 atom stereocenters. The third-order valence-electron chi connectivity index (χ3n) is 2.84. The Labute approximate surface area is 112 Å². The summed E-state index contributed by atoms with van der Waals surface area (Å²) in [6.07, 6.45) is 0. The molecule has 0 saturated heterocycles. The van der Waals surface area contributed by atoms with E-state index in [9.17, 15) is 0 Å². The van der Waals surface area contributed by atoms with E-state index in [-0.39, 0.29) is 0 Å². The van der Waals surface area contributed by atoms with E-state index in [1.165, 1.54) is 5.56 Å². The van der Waals surface area contributed by atoms with Crippen LogP contribution in [0.3, 0.4) is 0 Å². The summed E-state index contributed by atoms with van der Waals surface area (Å²) < 4.78 is 5.89. The van der Waals surface area contributed by atoms with Gasteiger partial charge in [0, 0.05) is 6.07 Å². The van der Waals surface area contributed by atoms with E-state index in [4.69, 9.17) is 22.1 Å². The average Bonchev–Trinajstić information content (AvgIpc) is 2.29. The Balaban J connectivity index is 2.37. The van der Waals surface area contributed by atoms with Crippen LogP contribution in [0.25, 0.3) is 0 Å². The summed E-state index contributed by atoms with van der Waals surface area (Å²) in [4.78, 5) is 0. The van der Waals surface area contributed by atoms with E-state index < -0.39 is 0 Å². The van der Waals surface area contributed by atoms with Crippen LogP contribution in [0.4, 0.5) is 5.69 Å². The Morgan fingerprint density at radius 1 is 0.944 bits per heavy atom. The molecule has 3 heteroatoms. The van der Waals surface area contributed by atoms with Gasteiger partial charge in [-0.25, -0.2) is 0 Å². The van der Waals surface area contributed by atoms with E-state index in [0.29, 0.717) is 10.7 Å². The fourth-order valence-electron chi connectivity index (χ4n) is 1.83. The van der Waals surface area contributed by atoms with Crippen LogP contribution < -0.4 is 10.5 Å². The zero-order valence-corrected chi connectivity index (χ0v) is 11.5. The van der Waals surface area contributed by atoms with Gasteiger partial charge in [-0.1, -0.05) is 29.3 Å². The molecular weight excluding hydrogens is 246 g/mol. The molecular formula is C15H16ClNO. The van der Waals surface area contributed by atoms with E-state index in [1.807, 2.05) is 32.0 Å². The molecule has 0 bridgehead atoms. The van der Waals surface area contributed by atoms with Gasteiger partial charge < -0.3 is 10.5 Å². The van der Waals surface area contributed by atoms with Crippen LogP contribution in [-0.4, -0.2) is 0 Å². The lowest BCUT2D eigenvalue weighted by molar-refractivity contribution is 0.475. The fourth-order valence-corrected chi connectivity index (χ4v) is 1.98. The van der Waals surface area contributed by atoms with E-state index in [0.717, 1.165) is 22.6 Å². The molecule has 0 heterocycles. The van der Waals surface area contributed by atoms with Gasteiger partial charge >= 0.3 is 0 Å². The topological polar surface area (TPSA) is 35.2 Å². The van der Waals surface area contributed by atoms with Gasteiger partial charge in [-0.05, 0) is 44.0 Å². The van der Waals surface area contributed by atoms with Gasteiger partial charge in [0.1, 0.15) is 11.5 Å². The molecule has 0 aliphatic heterocycles. The monoisotopic (exact) mass is 261 g/mol. The first-order chi connectivity index (χ1) is 8.47. The van der Waals surface area contributed by atoms with Crippen molar-refractivity contribution in [1.29, 1.82) is 0 Å². The largest absolute Gasteiger partial charge is 0.457 e. The number of hydrogen-bond donors (Lipinski definition) is 1. The normalized spacial score (nSPS) is 10.4. The standard InChI is InChI=1S/C15H16ClNO/c1-9-4-5-14(10(2)6-9)18-15-8-12(16)13(17)7-11(15)3/h4-8H,17H2,1-3H3. The highest BCUT2D eigenvalue weighted by molar-refractivity contribution is 6.33. The summed E-state index contributed by atoms with van der Waals surface area (Å²) in [5.41, 5.74) is 9.60. The predicted octanol–water partition coefficient (Wildman–Crippen LogP) is 4.64. The summed E-state index contributed by atoms with van der Waals surface area (Å²) in [5.74, 6) is 1.57. The molecule has 2 aromatic carbocycles. The van der Waals surface area contributed by atoms with Crippen LogP contribution in [0.15, 0.2) is 30.3 Å². The second kappa shape index (κ2) is 4.91. The number of nitrogens with two attached hydrogens (primary N) is 1. The van der Waals surface area contributed by atoms with Gasteiger partial charge in [0.25, 0.3) is 0 Å². The number of aryl methyl sites for hydroxylation is 3. The zero-order valence-electron chi connectivity index (χ0n) is 10.8. The third-order valence-corrected chi connectivity index (χ3v) is 3.17. The van der Waals surface area contributed by atoms with Crippen LogP contribution in [0.1, 0.15) is 16.7 Å². The summed E-state index contributed by atoms with van der Waals surface area (Å²) in [5, 5.41) is 0.514. The zero-order chi connectivity index (χ0) is 13.3. The molecule has 0 saturated carbocycles. The number of nitrogen functional groups attached to an aromatic ring is 1. The van der Waals surface area contributed by atoms with Crippen LogP contribution >= 0.6 is 11.6 Å². The minimum Gasteiger partial charge on any atom is -0.457 e. The quantitative estimate of drug-likeness (QED) is 0.800. The minimum absolute atomic E-state index is 0.514. The average molecular weight is 262 g/mol. The van der Waals surface area contributed by atoms with Crippen molar-refractivity contribution in [2.75, 3.05) is 5.73 Å². The Morgan fingerprint density at radius 3 is 2.28 bits per heavy atom. The molecule has 18 heavy (non-hydrogen) atoms. The number of benzene rings is 2. The van der Waals surface area contributed by atoms with E-state index >= 15 is 0 Å². The molecule has 2 aromatic rings. The van der Waals surface area contributed by atoms with Gasteiger partial charge in [-0.2, -0.15) is 0 Å². The van der Waals surface area contributed by atoms with Crippen molar-refractivity contribution in [2.45, 2.75) is 20.8 Å². The molecule has 2 rings (SSSR count). The molecule has 0 radical (unpaired) electrons. The first-order valence-electron chi connectivity index (χ1n) is 5.78. The lowest BCUT2D eigenvalue weighted by Crippen LogP contribution is -1.93. The number of halogens is 1. The predicted molar refractivity (Wildman–Crippen MR) is 76.6 cm³/mol. The Kier molecular flexibility index (Phi) is 3.48. The van der Waals surface area contributed by atoms with Gasteiger partial charge in [-0.15, -0.1) is 0 Å². The van der Waals surface area contributed by atoms with Gasteiger partial charge in [0.15, 0.2) is 0 Å². The van der Waals surface area contributed by atoms with Gasteiger partial charge in [0.2, 0.25) is 0 Å². The maximum atomic E-state index is 6.01. The summed E-state index contributed by atoms with van der Waals surface area (Å²) >= 11 is 6.01. The highest BCUT2D eigenvalue weighted by Crippen LogP contribution is 2.33. The maximum absolute atomic E-state index is 6.01. The molecule has 0 spiro atoms. The second-order valence-electron chi connectivity index (χ2n) is 4.51. The molecule has 2 N–H and O–H groups in total. The first-order valence-corrected chi connectivity index (χ1v) is 6.16. The lowest BCUT2D eigenvalue weighted by Gasteiger charge is -2.12. The molecule has 0 aromatic heterocycles. The molecule has 0 aliphatic rings. The Morgan fingerprint density at radius 2 is 1.61 bits per heavy atom. The highest BCUT2D eigenvalue weighted by atomic mass is 35.5. The van der Waals surface area contributed by atoms with Gasteiger partial charge in [-0.3, -0.25) is 0 Å². The van der Waals surface area contributed by atoms with Crippen molar-refractivity contribution < 1.29 is 4.74 Å².